The Hall–Kier alpha value is -1.55. The second-order valence-corrected chi connectivity index (χ2v) is 5.68. The summed E-state index contributed by atoms with van der Waals surface area (Å²) in [6, 6.07) is 6.02. The fourth-order valence-corrected chi connectivity index (χ4v) is 2.69. The van der Waals surface area contributed by atoms with Crippen LogP contribution >= 0.6 is 0 Å². The van der Waals surface area contributed by atoms with Gasteiger partial charge in [0.05, 0.1) is 11.3 Å². The van der Waals surface area contributed by atoms with Gasteiger partial charge in [-0.15, -0.1) is 0 Å². The van der Waals surface area contributed by atoms with Crippen LogP contribution in [-0.2, 0) is 0 Å². The van der Waals surface area contributed by atoms with Crippen molar-refractivity contribution >= 4 is 11.6 Å². The maximum atomic E-state index is 12.7. The van der Waals surface area contributed by atoms with E-state index in [9.17, 15) is 4.79 Å². The van der Waals surface area contributed by atoms with E-state index in [1.165, 1.54) is 6.42 Å². The summed E-state index contributed by atoms with van der Waals surface area (Å²) in [5, 5.41) is 0. The molecule has 0 saturated carbocycles. The van der Waals surface area contributed by atoms with Crippen molar-refractivity contribution < 1.29 is 4.79 Å². The highest BCUT2D eigenvalue weighted by Crippen LogP contribution is 2.26. The van der Waals surface area contributed by atoms with E-state index in [-0.39, 0.29) is 5.91 Å². The Balaban J connectivity index is 2.28. The van der Waals surface area contributed by atoms with Crippen molar-refractivity contribution in [2.45, 2.75) is 39.7 Å². The Bertz CT molecular complexity index is 472. The number of hydrogen-bond donors (Lipinski definition) is 2. The van der Waals surface area contributed by atoms with Gasteiger partial charge in [0.15, 0.2) is 0 Å². The van der Waals surface area contributed by atoms with Crippen LogP contribution in [-0.4, -0.2) is 23.4 Å². The van der Waals surface area contributed by atoms with Crippen LogP contribution in [0, 0.1) is 12.8 Å². The Morgan fingerprint density at radius 3 is 2.79 bits per heavy atom. The van der Waals surface area contributed by atoms with E-state index in [0.29, 0.717) is 23.2 Å². The first-order chi connectivity index (χ1) is 9.02. The molecule has 2 rings (SSSR count). The predicted octanol–water partition coefficient (Wildman–Crippen LogP) is 2.54. The second kappa shape index (κ2) is 5.61. The van der Waals surface area contributed by atoms with Gasteiger partial charge in [0.25, 0.3) is 5.91 Å². The normalized spacial score (nSPS) is 23.3. The lowest BCUT2D eigenvalue weighted by atomic mass is 9.94. The Labute approximate surface area is 114 Å². The van der Waals surface area contributed by atoms with Gasteiger partial charge in [-0.25, -0.2) is 0 Å². The molecule has 1 saturated heterocycles. The number of hydrogen-bond acceptors (Lipinski definition) is 3. The molecular formula is C15H23N3O. The number of anilines is 1. The molecule has 0 aliphatic carbocycles. The van der Waals surface area contributed by atoms with Crippen molar-refractivity contribution in [2.75, 3.05) is 12.0 Å². The van der Waals surface area contributed by atoms with Crippen molar-refractivity contribution in [1.29, 1.82) is 0 Å². The van der Waals surface area contributed by atoms with Crippen LogP contribution in [0.5, 0.6) is 0 Å². The van der Waals surface area contributed by atoms with Crippen LogP contribution in [0.25, 0.3) is 0 Å². The average Bonchev–Trinajstić information content (AvgIpc) is 2.40. The van der Waals surface area contributed by atoms with Crippen LogP contribution in [0.1, 0.15) is 42.6 Å². The van der Waals surface area contributed by atoms with Crippen LogP contribution in [0.15, 0.2) is 18.2 Å². The summed E-state index contributed by atoms with van der Waals surface area (Å²) in [5.41, 5.74) is 5.09. The number of nitrogens with one attached hydrogen (secondary N) is 1. The van der Waals surface area contributed by atoms with Crippen LogP contribution < -0.4 is 11.3 Å². The first kappa shape index (κ1) is 13.9. The molecule has 0 spiro atoms. The molecule has 1 fully saturated rings. The van der Waals surface area contributed by atoms with Crippen molar-refractivity contribution in [3.05, 3.63) is 29.3 Å². The third kappa shape index (κ3) is 2.89. The van der Waals surface area contributed by atoms with Crippen molar-refractivity contribution in [1.82, 2.24) is 4.90 Å². The average molecular weight is 261 g/mol. The summed E-state index contributed by atoms with van der Waals surface area (Å²) in [4.78, 5) is 14.6. The molecule has 1 aromatic carbocycles. The molecule has 0 radical (unpaired) electrons. The fraction of sp³-hybridized carbons (Fsp3) is 0.533. The van der Waals surface area contributed by atoms with Gasteiger partial charge in [-0.3, -0.25) is 10.6 Å². The van der Waals surface area contributed by atoms with Gasteiger partial charge in [0.2, 0.25) is 0 Å². The first-order valence-corrected chi connectivity index (χ1v) is 6.91. The standard InChI is InChI=1S/C15H23N3O/c1-10-5-7-13(14(8-10)17-16)15(19)18-9-11(2)4-6-12(18)3/h5,7-8,11-12,17H,4,6,9,16H2,1-3H3. The Morgan fingerprint density at radius 1 is 1.37 bits per heavy atom. The molecule has 2 unspecified atom stereocenters. The number of benzene rings is 1. The number of carbonyl (C=O) groups is 1. The van der Waals surface area contributed by atoms with Crippen molar-refractivity contribution in [2.24, 2.45) is 11.8 Å². The highest BCUT2D eigenvalue weighted by Gasteiger charge is 2.28. The molecule has 104 valence electrons. The smallest absolute Gasteiger partial charge is 0.256 e. The topological polar surface area (TPSA) is 58.4 Å². The fourth-order valence-electron chi connectivity index (χ4n) is 2.69. The van der Waals surface area contributed by atoms with E-state index >= 15 is 0 Å². The molecule has 0 bridgehead atoms. The molecule has 1 aliphatic rings. The molecule has 1 aromatic rings. The molecule has 1 heterocycles. The zero-order chi connectivity index (χ0) is 14.0. The van der Waals surface area contributed by atoms with Crippen molar-refractivity contribution in [3.8, 4) is 0 Å². The second-order valence-electron chi connectivity index (χ2n) is 5.68. The third-order valence-corrected chi connectivity index (χ3v) is 3.94. The molecular weight excluding hydrogens is 238 g/mol. The van der Waals surface area contributed by atoms with Crippen LogP contribution in [0.2, 0.25) is 0 Å². The molecule has 4 heteroatoms. The summed E-state index contributed by atoms with van der Waals surface area (Å²) in [7, 11) is 0. The molecule has 4 nitrogen and oxygen atoms in total. The van der Waals surface area contributed by atoms with Gasteiger partial charge in [0.1, 0.15) is 0 Å². The Morgan fingerprint density at radius 2 is 2.11 bits per heavy atom. The molecule has 1 aliphatic heterocycles. The number of carbonyl (C=O) groups excluding carboxylic acids is 1. The number of aryl methyl sites for hydroxylation is 1. The maximum Gasteiger partial charge on any atom is 0.256 e. The molecule has 1 amide bonds. The number of likely N-dealkylation sites (tertiary alicyclic amines) is 1. The summed E-state index contributed by atoms with van der Waals surface area (Å²) in [6.45, 7) is 7.13. The van der Waals surface area contributed by atoms with E-state index < -0.39 is 0 Å². The highest BCUT2D eigenvalue weighted by molar-refractivity contribution is 5.99. The van der Waals surface area contributed by atoms with Gasteiger partial charge in [0, 0.05) is 12.6 Å². The lowest BCUT2D eigenvalue weighted by Gasteiger charge is -2.37. The van der Waals surface area contributed by atoms with Gasteiger partial charge < -0.3 is 10.3 Å². The molecule has 19 heavy (non-hydrogen) atoms. The maximum absolute atomic E-state index is 12.7. The minimum absolute atomic E-state index is 0.0759. The lowest BCUT2D eigenvalue weighted by Crippen LogP contribution is -2.45. The third-order valence-electron chi connectivity index (χ3n) is 3.94. The molecule has 0 aromatic heterocycles. The zero-order valence-electron chi connectivity index (χ0n) is 11.9. The number of rotatable bonds is 2. The summed E-state index contributed by atoms with van der Waals surface area (Å²) >= 11 is 0. The number of hydrazine groups is 1. The highest BCUT2D eigenvalue weighted by atomic mass is 16.2. The minimum atomic E-state index is 0.0759. The van der Waals surface area contributed by atoms with Gasteiger partial charge in [-0.2, -0.15) is 0 Å². The molecule has 3 N–H and O–H groups in total. The summed E-state index contributed by atoms with van der Waals surface area (Å²) in [6.07, 6.45) is 2.27. The van der Waals surface area contributed by atoms with E-state index in [1.54, 1.807) is 0 Å². The van der Waals surface area contributed by atoms with Gasteiger partial charge in [-0.1, -0.05) is 13.0 Å². The number of piperidine rings is 1. The lowest BCUT2D eigenvalue weighted by molar-refractivity contribution is 0.0575. The minimum Gasteiger partial charge on any atom is -0.336 e. The van der Waals surface area contributed by atoms with E-state index in [4.69, 9.17) is 5.84 Å². The van der Waals surface area contributed by atoms with Crippen molar-refractivity contribution in [3.63, 3.8) is 0 Å². The van der Waals surface area contributed by atoms with E-state index in [2.05, 4.69) is 19.3 Å². The Kier molecular flexibility index (Phi) is 4.10. The first-order valence-electron chi connectivity index (χ1n) is 6.91. The van der Waals surface area contributed by atoms with E-state index in [1.807, 2.05) is 30.0 Å². The largest absolute Gasteiger partial charge is 0.336 e. The quantitative estimate of drug-likeness (QED) is 0.635. The van der Waals surface area contributed by atoms with Gasteiger partial charge in [-0.05, 0) is 50.3 Å². The number of nitrogen functional groups attached to an aromatic ring is 1. The predicted molar refractivity (Wildman–Crippen MR) is 77.9 cm³/mol. The number of nitrogens with two attached hydrogens (primary N) is 1. The van der Waals surface area contributed by atoms with E-state index in [0.717, 1.165) is 18.5 Å². The van der Waals surface area contributed by atoms with Crippen LogP contribution in [0.3, 0.4) is 0 Å². The monoisotopic (exact) mass is 261 g/mol. The SMILES string of the molecule is Cc1ccc(C(=O)N2CC(C)CCC2C)c(NN)c1. The van der Waals surface area contributed by atoms with Gasteiger partial charge >= 0.3 is 0 Å². The van der Waals surface area contributed by atoms with Crippen LogP contribution in [0.4, 0.5) is 5.69 Å². The summed E-state index contributed by atoms with van der Waals surface area (Å²) < 4.78 is 0. The number of nitrogens with zero attached hydrogens (tertiary/aromatic N) is 1. The molecule has 2 atom stereocenters. The number of amides is 1. The summed E-state index contributed by atoms with van der Waals surface area (Å²) in [5.74, 6) is 6.17. The zero-order valence-corrected chi connectivity index (χ0v) is 11.9.